The number of amides is 2. The van der Waals surface area contributed by atoms with E-state index in [-0.39, 0.29) is 18.2 Å². The molecule has 0 atom stereocenters. The third-order valence-corrected chi connectivity index (χ3v) is 4.57. The van der Waals surface area contributed by atoms with Gasteiger partial charge in [-0.15, -0.1) is 0 Å². The minimum Gasteiger partial charge on any atom is -0.326 e. The number of hydrogen-bond acceptors (Lipinski definition) is 3. The zero-order chi connectivity index (χ0) is 20.3. The van der Waals surface area contributed by atoms with E-state index >= 15 is 0 Å². The van der Waals surface area contributed by atoms with Crippen LogP contribution in [0.3, 0.4) is 0 Å². The number of aromatic nitrogens is 2. The molecule has 0 saturated carbocycles. The number of halogens is 1. The Hall–Kier alpha value is -3.12. The highest BCUT2D eigenvalue weighted by Crippen LogP contribution is 2.21. The number of hydrogen-bond donors (Lipinski definition) is 2. The van der Waals surface area contributed by atoms with Gasteiger partial charge in [0, 0.05) is 34.6 Å². The lowest BCUT2D eigenvalue weighted by Gasteiger charge is -2.09. The summed E-state index contributed by atoms with van der Waals surface area (Å²) in [7, 11) is 0. The maximum absolute atomic E-state index is 12.6. The van der Waals surface area contributed by atoms with E-state index in [1.165, 1.54) is 6.92 Å². The van der Waals surface area contributed by atoms with Gasteiger partial charge in [0.25, 0.3) is 0 Å². The SMILES string of the molecule is CC(=O)Nc1cccc(NC(=O)Cc2c(C)nn(-c3ccc(Cl)cc3)c2C)c1. The smallest absolute Gasteiger partial charge is 0.228 e. The van der Waals surface area contributed by atoms with Crippen molar-refractivity contribution in [1.82, 2.24) is 9.78 Å². The first-order valence-electron chi connectivity index (χ1n) is 8.82. The van der Waals surface area contributed by atoms with Crippen LogP contribution in [0.15, 0.2) is 48.5 Å². The number of carbonyl (C=O) groups is 2. The predicted molar refractivity (Wildman–Crippen MR) is 111 cm³/mol. The highest BCUT2D eigenvalue weighted by Gasteiger charge is 2.16. The average molecular weight is 397 g/mol. The van der Waals surface area contributed by atoms with Crippen LogP contribution < -0.4 is 10.6 Å². The molecule has 0 aliphatic heterocycles. The summed E-state index contributed by atoms with van der Waals surface area (Å²) in [5.41, 5.74) is 4.73. The molecule has 0 fully saturated rings. The topological polar surface area (TPSA) is 76.0 Å². The second-order valence-corrected chi connectivity index (χ2v) is 6.96. The van der Waals surface area contributed by atoms with Crippen LogP contribution in [0.25, 0.3) is 5.69 Å². The number of anilines is 2. The molecule has 0 saturated heterocycles. The number of nitrogens with zero attached hydrogens (tertiary/aromatic N) is 2. The van der Waals surface area contributed by atoms with E-state index in [1.807, 2.05) is 42.8 Å². The van der Waals surface area contributed by atoms with Gasteiger partial charge in [-0.2, -0.15) is 5.10 Å². The van der Waals surface area contributed by atoms with E-state index in [0.717, 1.165) is 22.6 Å². The number of nitrogens with one attached hydrogen (secondary N) is 2. The summed E-state index contributed by atoms with van der Waals surface area (Å²) >= 11 is 5.95. The van der Waals surface area contributed by atoms with Crippen LogP contribution in [0.5, 0.6) is 0 Å². The zero-order valence-corrected chi connectivity index (χ0v) is 16.7. The van der Waals surface area contributed by atoms with Gasteiger partial charge in [-0.1, -0.05) is 17.7 Å². The van der Waals surface area contributed by atoms with Crippen molar-refractivity contribution in [2.75, 3.05) is 10.6 Å². The van der Waals surface area contributed by atoms with Crippen molar-refractivity contribution >= 4 is 34.8 Å². The van der Waals surface area contributed by atoms with Gasteiger partial charge in [0.15, 0.2) is 0 Å². The maximum Gasteiger partial charge on any atom is 0.228 e. The molecule has 1 aromatic heterocycles. The summed E-state index contributed by atoms with van der Waals surface area (Å²) in [4.78, 5) is 23.7. The number of aryl methyl sites for hydroxylation is 1. The third kappa shape index (κ3) is 4.58. The lowest BCUT2D eigenvalue weighted by atomic mass is 10.1. The Morgan fingerprint density at radius 1 is 1.04 bits per heavy atom. The standard InChI is InChI=1S/C21H21ClN4O2/c1-13-20(14(2)26(25-13)19-9-7-16(22)8-10-19)12-21(28)24-18-6-4-5-17(11-18)23-15(3)27/h4-11H,12H2,1-3H3,(H,23,27)(H,24,28). The molecular weight excluding hydrogens is 376 g/mol. The van der Waals surface area contributed by atoms with Crippen molar-refractivity contribution < 1.29 is 9.59 Å². The third-order valence-electron chi connectivity index (χ3n) is 4.32. The van der Waals surface area contributed by atoms with Crippen molar-refractivity contribution in [2.45, 2.75) is 27.2 Å². The first kappa shape index (κ1) is 19.6. The van der Waals surface area contributed by atoms with Crippen LogP contribution in [0.2, 0.25) is 5.02 Å². The molecule has 2 aromatic carbocycles. The largest absolute Gasteiger partial charge is 0.326 e. The fraction of sp³-hybridized carbons (Fsp3) is 0.190. The van der Waals surface area contributed by atoms with Gasteiger partial charge in [0.1, 0.15) is 0 Å². The lowest BCUT2D eigenvalue weighted by Crippen LogP contribution is -2.15. The van der Waals surface area contributed by atoms with Crippen molar-refractivity contribution in [3.63, 3.8) is 0 Å². The fourth-order valence-corrected chi connectivity index (χ4v) is 3.13. The van der Waals surface area contributed by atoms with Crippen LogP contribution in [-0.4, -0.2) is 21.6 Å². The van der Waals surface area contributed by atoms with E-state index in [0.29, 0.717) is 16.4 Å². The normalized spacial score (nSPS) is 10.6. The first-order valence-corrected chi connectivity index (χ1v) is 9.20. The molecule has 2 N–H and O–H groups in total. The molecule has 144 valence electrons. The van der Waals surface area contributed by atoms with E-state index in [4.69, 9.17) is 11.6 Å². The minimum absolute atomic E-state index is 0.151. The van der Waals surface area contributed by atoms with Gasteiger partial charge in [-0.25, -0.2) is 4.68 Å². The molecule has 6 nitrogen and oxygen atoms in total. The second kappa shape index (κ2) is 8.27. The second-order valence-electron chi connectivity index (χ2n) is 6.52. The Morgan fingerprint density at radius 3 is 2.32 bits per heavy atom. The van der Waals surface area contributed by atoms with Crippen molar-refractivity contribution in [3.8, 4) is 5.69 Å². The monoisotopic (exact) mass is 396 g/mol. The zero-order valence-electron chi connectivity index (χ0n) is 15.9. The van der Waals surface area contributed by atoms with Crippen molar-refractivity contribution in [1.29, 1.82) is 0 Å². The average Bonchev–Trinajstić information content (AvgIpc) is 2.90. The molecule has 28 heavy (non-hydrogen) atoms. The van der Waals surface area contributed by atoms with Crippen LogP contribution in [0.1, 0.15) is 23.9 Å². The highest BCUT2D eigenvalue weighted by molar-refractivity contribution is 6.30. The molecule has 0 spiro atoms. The van der Waals surface area contributed by atoms with Gasteiger partial charge in [0.05, 0.1) is 17.8 Å². The van der Waals surface area contributed by atoms with Crippen LogP contribution in [-0.2, 0) is 16.0 Å². The molecule has 0 aliphatic carbocycles. The molecule has 0 bridgehead atoms. The fourth-order valence-electron chi connectivity index (χ4n) is 3.01. The van der Waals surface area contributed by atoms with Gasteiger partial charge in [-0.05, 0) is 56.3 Å². The van der Waals surface area contributed by atoms with E-state index in [1.54, 1.807) is 24.3 Å². The van der Waals surface area contributed by atoms with Crippen LogP contribution >= 0.6 is 11.6 Å². The molecule has 0 unspecified atom stereocenters. The molecule has 2 amide bonds. The number of carbonyl (C=O) groups excluding carboxylic acids is 2. The van der Waals surface area contributed by atoms with E-state index in [9.17, 15) is 9.59 Å². The van der Waals surface area contributed by atoms with Crippen molar-refractivity contribution in [2.24, 2.45) is 0 Å². The molecule has 0 aliphatic rings. The van der Waals surface area contributed by atoms with Gasteiger partial charge >= 0.3 is 0 Å². The Bertz CT molecular complexity index is 1030. The van der Waals surface area contributed by atoms with Crippen molar-refractivity contribution in [3.05, 3.63) is 70.5 Å². The van der Waals surface area contributed by atoms with Crippen LogP contribution in [0, 0.1) is 13.8 Å². The van der Waals surface area contributed by atoms with E-state index in [2.05, 4.69) is 15.7 Å². The molecule has 3 aromatic rings. The molecule has 3 rings (SSSR count). The highest BCUT2D eigenvalue weighted by atomic mass is 35.5. The molecule has 0 radical (unpaired) electrons. The summed E-state index contributed by atoms with van der Waals surface area (Å²) in [5.74, 6) is -0.314. The van der Waals surface area contributed by atoms with Crippen LogP contribution in [0.4, 0.5) is 11.4 Å². The quantitative estimate of drug-likeness (QED) is 0.675. The Labute approximate surface area is 168 Å². The van der Waals surface area contributed by atoms with Gasteiger partial charge < -0.3 is 10.6 Å². The predicted octanol–water partition coefficient (Wildman–Crippen LogP) is 4.28. The summed E-state index contributed by atoms with van der Waals surface area (Å²) < 4.78 is 1.81. The van der Waals surface area contributed by atoms with E-state index < -0.39 is 0 Å². The number of benzene rings is 2. The Kier molecular flexibility index (Phi) is 5.80. The first-order chi connectivity index (χ1) is 13.3. The molecule has 7 heteroatoms. The summed E-state index contributed by atoms with van der Waals surface area (Å²) in [5, 5.41) is 10.8. The molecular formula is C21H21ClN4O2. The summed E-state index contributed by atoms with van der Waals surface area (Å²) in [6, 6.07) is 14.4. The van der Waals surface area contributed by atoms with Gasteiger partial charge in [-0.3, -0.25) is 9.59 Å². The minimum atomic E-state index is -0.163. The Morgan fingerprint density at radius 2 is 1.68 bits per heavy atom. The summed E-state index contributed by atoms with van der Waals surface area (Å²) in [6.07, 6.45) is 0.204. The lowest BCUT2D eigenvalue weighted by molar-refractivity contribution is -0.116. The summed E-state index contributed by atoms with van der Waals surface area (Å²) in [6.45, 7) is 5.27. The number of rotatable bonds is 5. The Balaban J connectivity index is 1.76. The molecule has 1 heterocycles. The van der Waals surface area contributed by atoms with Gasteiger partial charge in [0.2, 0.25) is 11.8 Å². The maximum atomic E-state index is 12.6.